The van der Waals surface area contributed by atoms with E-state index in [1.807, 2.05) is 11.0 Å². The molecule has 0 spiro atoms. The highest BCUT2D eigenvalue weighted by Crippen LogP contribution is 2.33. The summed E-state index contributed by atoms with van der Waals surface area (Å²) in [5, 5.41) is 0. The fourth-order valence-electron chi connectivity index (χ4n) is 5.16. The molecule has 1 atom stereocenters. The predicted octanol–water partition coefficient (Wildman–Crippen LogP) is 4.06. The highest BCUT2D eigenvalue weighted by molar-refractivity contribution is 5.95. The summed E-state index contributed by atoms with van der Waals surface area (Å²) in [5.74, 6) is 2.80. The molecular weight excluding hydrogens is 412 g/mol. The van der Waals surface area contributed by atoms with E-state index in [-0.39, 0.29) is 11.8 Å². The number of aryl methyl sites for hydroxylation is 2. The van der Waals surface area contributed by atoms with Crippen LogP contribution in [0, 0.1) is 19.8 Å². The third-order valence-electron chi connectivity index (χ3n) is 7.12. The van der Waals surface area contributed by atoms with Crippen molar-refractivity contribution in [2.75, 3.05) is 24.5 Å². The number of amides is 1. The maximum atomic E-state index is 12.7. The molecular formula is C26H34N6O. The molecule has 7 nitrogen and oxygen atoms in total. The second kappa shape index (κ2) is 8.86. The predicted molar refractivity (Wildman–Crippen MR) is 129 cm³/mol. The Bertz CT molecular complexity index is 1180. The molecule has 2 aliphatic heterocycles. The number of anilines is 1. The monoisotopic (exact) mass is 446 g/mol. The Balaban J connectivity index is 1.36. The second-order valence-electron chi connectivity index (χ2n) is 9.99. The van der Waals surface area contributed by atoms with Gasteiger partial charge in [0.25, 0.3) is 0 Å². The van der Waals surface area contributed by atoms with Crippen LogP contribution in [-0.2, 0) is 17.8 Å². The van der Waals surface area contributed by atoms with Gasteiger partial charge in [-0.3, -0.25) is 14.6 Å². The first-order valence-corrected chi connectivity index (χ1v) is 12.2. The molecule has 0 aliphatic carbocycles. The van der Waals surface area contributed by atoms with Crippen LogP contribution in [0.15, 0.2) is 24.4 Å². The van der Waals surface area contributed by atoms with Crippen LogP contribution < -0.4 is 4.90 Å². The molecule has 5 heterocycles. The SMILES string of the molecule is Cc1nc(C2CCN(Cc3c(C)nc4ccccn34)C2)nc2c1CCC(=O)N2CCC(C)C. The van der Waals surface area contributed by atoms with Crippen molar-refractivity contribution in [1.29, 1.82) is 0 Å². The van der Waals surface area contributed by atoms with Gasteiger partial charge >= 0.3 is 0 Å². The molecule has 0 aromatic carbocycles. The Hall–Kier alpha value is -2.80. The first-order valence-electron chi connectivity index (χ1n) is 12.2. The third-order valence-corrected chi connectivity index (χ3v) is 7.12. The van der Waals surface area contributed by atoms with Gasteiger partial charge in [-0.25, -0.2) is 15.0 Å². The van der Waals surface area contributed by atoms with E-state index in [9.17, 15) is 4.79 Å². The van der Waals surface area contributed by atoms with Gasteiger partial charge in [0.2, 0.25) is 5.91 Å². The van der Waals surface area contributed by atoms with Gasteiger partial charge in [-0.1, -0.05) is 19.9 Å². The lowest BCUT2D eigenvalue weighted by Crippen LogP contribution is -2.38. The molecule has 3 aromatic heterocycles. The van der Waals surface area contributed by atoms with Crippen LogP contribution in [0.1, 0.15) is 67.5 Å². The first kappa shape index (κ1) is 22.0. The molecule has 1 saturated heterocycles. The topological polar surface area (TPSA) is 66.6 Å². The Labute approximate surface area is 195 Å². The van der Waals surface area contributed by atoms with Gasteiger partial charge in [0, 0.05) is 49.4 Å². The molecule has 5 rings (SSSR count). The van der Waals surface area contributed by atoms with E-state index < -0.39 is 0 Å². The van der Waals surface area contributed by atoms with Crippen molar-refractivity contribution in [3.63, 3.8) is 0 Å². The molecule has 0 radical (unpaired) electrons. The van der Waals surface area contributed by atoms with Gasteiger partial charge in [0.05, 0.1) is 11.4 Å². The van der Waals surface area contributed by atoms with Crippen LogP contribution in [0.2, 0.25) is 0 Å². The summed E-state index contributed by atoms with van der Waals surface area (Å²) in [4.78, 5) is 31.8. The van der Waals surface area contributed by atoms with Gasteiger partial charge in [-0.2, -0.15) is 0 Å². The van der Waals surface area contributed by atoms with Crippen molar-refractivity contribution in [2.45, 2.75) is 65.8 Å². The molecule has 1 amide bonds. The number of pyridine rings is 1. The summed E-state index contributed by atoms with van der Waals surface area (Å²) >= 11 is 0. The Morgan fingerprint density at radius 1 is 1.09 bits per heavy atom. The van der Waals surface area contributed by atoms with E-state index in [0.717, 1.165) is 79.7 Å². The van der Waals surface area contributed by atoms with Crippen LogP contribution in [0.5, 0.6) is 0 Å². The largest absolute Gasteiger partial charge is 0.302 e. The average molecular weight is 447 g/mol. The Kier molecular flexibility index (Phi) is 5.91. The van der Waals surface area contributed by atoms with Crippen molar-refractivity contribution < 1.29 is 4.79 Å². The number of fused-ring (bicyclic) bond motifs is 2. The Morgan fingerprint density at radius 3 is 2.76 bits per heavy atom. The minimum absolute atomic E-state index is 0.198. The van der Waals surface area contributed by atoms with Crippen molar-refractivity contribution in [3.8, 4) is 0 Å². The molecule has 0 bridgehead atoms. The third kappa shape index (κ3) is 4.26. The summed E-state index contributed by atoms with van der Waals surface area (Å²) in [7, 11) is 0. The van der Waals surface area contributed by atoms with E-state index >= 15 is 0 Å². The van der Waals surface area contributed by atoms with Crippen LogP contribution >= 0.6 is 0 Å². The number of carbonyl (C=O) groups is 1. The average Bonchev–Trinajstić information content (AvgIpc) is 3.37. The number of nitrogens with zero attached hydrogens (tertiary/aromatic N) is 6. The standard InChI is InChI=1S/C26H34N6O/c1-17(2)10-14-32-24(33)9-8-21-18(3)28-25(29-26(21)32)20-11-13-30(15-20)16-22-19(4)27-23-7-5-6-12-31(22)23/h5-7,12,17,20H,8-11,13-16H2,1-4H3. The fraction of sp³-hybridized carbons (Fsp3) is 0.538. The molecule has 2 aliphatic rings. The summed E-state index contributed by atoms with van der Waals surface area (Å²) in [6.07, 6.45) is 5.43. The van der Waals surface area contributed by atoms with Crippen molar-refractivity contribution >= 4 is 17.4 Å². The van der Waals surface area contributed by atoms with E-state index in [1.54, 1.807) is 0 Å². The molecule has 0 N–H and O–H groups in total. The lowest BCUT2D eigenvalue weighted by molar-refractivity contribution is -0.119. The summed E-state index contributed by atoms with van der Waals surface area (Å²) in [5.41, 5.74) is 5.52. The zero-order valence-electron chi connectivity index (χ0n) is 20.2. The Morgan fingerprint density at radius 2 is 1.94 bits per heavy atom. The number of hydrogen-bond donors (Lipinski definition) is 0. The number of aromatic nitrogens is 4. The highest BCUT2D eigenvalue weighted by Gasteiger charge is 2.32. The normalized spacial score (nSPS) is 19.1. The zero-order chi connectivity index (χ0) is 23.1. The van der Waals surface area contributed by atoms with E-state index in [2.05, 4.69) is 55.3 Å². The van der Waals surface area contributed by atoms with Crippen molar-refractivity contribution in [3.05, 3.63) is 52.9 Å². The van der Waals surface area contributed by atoms with Gasteiger partial charge in [-0.15, -0.1) is 0 Å². The van der Waals surface area contributed by atoms with Gasteiger partial charge in [0.15, 0.2) is 0 Å². The fourth-order valence-corrected chi connectivity index (χ4v) is 5.16. The highest BCUT2D eigenvalue weighted by atomic mass is 16.2. The number of rotatable bonds is 6. The molecule has 1 unspecified atom stereocenters. The van der Waals surface area contributed by atoms with E-state index in [1.165, 1.54) is 5.69 Å². The van der Waals surface area contributed by atoms with Crippen LogP contribution in [-0.4, -0.2) is 49.8 Å². The first-order chi connectivity index (χ1) is 15.9. The zero-order valence-corrected chi connectivity index (χ0v) is 20.2. The maximum absolute atomic E-state index is 12.7. The number of carbonyl (C=O) groups excluding carboxylic acids is 1. The maximum Gasteiger partial charge on any atom is 0.228 e. The van der Waals surface area contributed by atoms with Crippen LogP contribution in [0.25, 0.3) is 5.65 Å². The quantitative estimate of drug-likeness (QED) is 0.571. The summed E-state index contributed by atoms with van der Waals surface area (Å²) in [6.45, 7) is 12.1. The molecule has 7 heteroatoms. The van der Waals surface area contributed by atoms with E-state index in [4.69, 9.17) is 15.0 Å². The minimum atomic E-state index is 0.198. The van der Waals surface area contributed by atoms with Crippen molar-refractivity contribution in [1.82, 2.24) is 24.3 Å². The summed E-state index contributed by atoms with van der Waals surface area (Å²) < 4.78 is 2.19. The number of imidazole rings is 1. The number of hydrogen-bond acceptors (Lipinski definition) is 5. The molecule has 174 valence electrons. The van der Waals surface area contributed by atoms with Crippen LogP contribution in [0.4, 0.5) is 5.82 Å². The number of likely N-dealkylation sites (tertiary alicyclic amines) is 1. The van der Waals surface area contributed by atoms with E-state index in [0.29, 0.717) is 12.3 Å². The molecule has 33 heavy (non-hydrogen) atoms. The van der Waals surface area contributed by atoms with Gasteiger partial charge in [0.1, 0.15) is 17.3 Å². The lowest BCUT2D eigenvalue weighted by atomic mass is 10.0. The van der Waals surface area contributed by atoms with Crippen LogP contribution in [0.3, 0.4) is 0 Å². The summed E-state index contributed by atoms with van der Waals surface area (Å²) in [6, 6.07) is 6.14. The lowest BCUT2D eigenvalue weighted by Gasteiger charge is -2.30. The van der Waals surface area contributed by atoms with Gasteiger partial charge in [-0.05, 0) is 57.7 Å². The minimum Gasteiger partial charge on any atom is -0.302 e. The second-order valence-corrected chi connectivity index (χ2v) is 9.99. The molecule has 3 aromatic rings. The molecule has 1 fully saturated rings. The smallest absolute Gasteiger partial charge is 0.228 e. The van der Waals surface area contributed by atoms with Crippen molar-refractivity contribution in [2.24, 2.45) is 5.92 Å². The molecule has 0 saturated carbocycles. The van der Waals surface area contributed by atoms with Gasteiger partial charge < -0.3 is 4.40 Å².